The molecule has 0 fully saturated rings. The zero-order valence-electron chi connectivity index (χ0n) is 11.7. The van der Waals surface area contributed by atoms with E-state index in [0.717, 1.165) is 29.2 Å². The van der Waals surface area contributed by atoms with Crippen molar-refractivity contribution < 1.29 is 0 Å². The van der Waals surface area contributed by atoms with Crippen LogP contribution in [0.4, 0.5) is 11.6 Å². The van der Waals surface area contributed by atoms with Crippen molar-refractivity contribution in [2.24, 2.45) is 0 Å². The van der Waals surface area contributed by atoms with Crippen molar-refractivity contribution in [1.29, 1.82) is 0 Å². The average Bonchev–Trinajstić information content (AvgIpc) is 2.79. The molecule has 0 atom stereocenters. The molecule has 1 heterocycles. The number of nitrogens with zero attached hydrogens (tertiary/aromatic N) is 1. The van der Waals surface area contributed by atoms with Gasteiger partial charge in [0.1, 0.15) is 0 Å². The van der Waals surface area contributed by atoms with E-state index in [1.54, 1.807) is 0 Å². The summed E-state index contributed by atoms with van der Waals surface area (Å²) in [7, 11) is 0. The molecule has 0 aliphatic carbocycles. The van der Waals surface area contributed by atoms with Crippen LogP contribution in [-0.2, 0) is 0 Å². The standard InChI is InChI=1S/C15H24N4/c1-2-3-4-5-6-7-10-17-15-18-13-9-8-12(16)11-14(13)19-15/h8-9,11H,2-7,10,16H2,1H3,(H2,17,18,19). The Morgan fingerprint density at radius 2 is 1.95 bits per heavy atom. The number of fused-ring (bicyclic) bond motifs is 1. The molecule has 0 aliphatic rings. The summed E-state index contributed by atoms with van der Waals surface area (Å²) in [6.45, 7) is 3.22. The monoisotopic (exact) mass is 260 g/mol. The minimum atomic E-state index is 0.763. The number of aromatic amines is 1. The number of H-pyrrole nitrogens is 1. The van der Waals surface area contributed by atoms with Gasteiger partial charge >= 0.3 is 0 Å². The first-order valence-electron chi connectivity index (χ1n) is 7.28. The average molecular weight is 260 g/mol. The summed E-state index contributed by atoms with van der Waals surface area (Å²) in [5.74, 6) is 0.842. The molecule has 0 radical (unpaired) electrons. The summed E-state index contributed by atoms with van der Waals surface area (Å²) >= 11 is 0. The molecule has 0 spiro atoms. The Morgan fingerprint density at radius 3 is 2.79 bits per heavy atom. The summed E-state index contributed by atoms with van der Waals surface area (Å²) in [5, 5.41) is 3.34. The molecule has 4 nitrogen and oxygen atoms in total. The molecule has 1 aromatic heterocycles. The summed E-state index contributed by atoms with van der Waals surface area (Å²) in [4.78, 5) is 7.72. The van der Waals surface area contributed by atoms with E-state index in [-0.39, 0.29) is 0 Å². The second-order valence-corrected chi connectivity index (χ2v) is 5.06. The number of nitrogen functional groups attached to an aromatic ring is 1. The van der Waals surface area contributed by atoms with Gasteiger partial charge in [0.25, 0.3) is 0 Å². The number of nitrogens with two attached hydrogens (primary N) is 1. The maximum atomic E-state index is 5.74. The number of benzene rings is 1. The Labute approximate surface area is 114 Å². The fourth-order valence-corrected chi connectivity index (χ4v) is 2.22. The molecule has 0 aliphatic heterocycles. The van der Waals surface area contributed by atoms with E-state index in [1.165, 1.54) is 38.5 Å². The highest BCUT2D eigenvalue weighted by molar-refractivity contribution is 5.80. The molecular formula is C15H24N4. The third kappa shape index (κ3) is 4.16. The van der Waals surface area contributed by atoms with Gasteiger partial charge in [-0.1, -0.05) is 39.0 Å². The van der Waals surface area contributed by atoms with Crippen LogP contribution in [0.5, 0.6) is 0 Å². The van der Waals surface area contributed by atoms with Crippen molar-refractivity contribution in [3.63, 3.8) is 0 Å². The lowest BCUT2D eigenvalue weighted by Crippen LogP contribution is -2.02. The molecule has 0 saturated heterocycles. The predicted octanol–water partition coefficient (Wildman–Crippen LogP) is 3.92. The summed E-state index contributed by atoms with van der Waals surface area (Å²) < 4.78 is 0. The zero-order chi connectivity index (χ0) is 13.5. The highest BCUT2D eigenvalue weighted by atomic mass is 15.1. The molecule has 4 N–H and O–H groups in total. The molecule has 2 aromatic rings. The van der Waals surface area contributed by atoms with Gasteiger partial charge in [-0.05, 0) is 24.6 Å². The van der Waals surface area contributed by atoms with Gasteiger partial charge in [-0.25, -0.2) is 4.98 Å². The van der Waals surface area contributed by atoms with Crippen molar-refractivity contribution >= 4 is 22.7 Å². The van der Waals surface area contributed by atoms with Crippen LogP contribution in [0.2, 0.25) is 0 Å². The zero-order valence-corrected chi connectivity index (χ0v) is 11.7. The van der Waals surface area contributed by atoms with Crippen molar-refractivity contribution in [3.05, 3.63) is 18.2 Å². The molecule has 0 unspecified atom stereocenters. The van der Waals surface area contributed by atoms with Crippen LogP contribution in [0.1, 0.15) is 45.4 Å². The molecule has 2 rings (SSSR count). The lowest BCUT2D eigenvalue weighted by atomic mass is 10.1. The van der Waals surface area contributed by atoms with Crippen LogP contribution in [-0.4, -0.2) is 16.5 Å². The summed E-state index contributed by atoms with van der Waals surface area (Å²) in [5.41, 5.74) is 8.46. The van der Waals surface area contributed by atoms with E-state index in [4.69, 9.17) is 5.73 Å². The minimum Gasteiger partial charge on any atom is -0.399 e. The van der Waals surface area contributed by atoms with Crippen LogP contribution in [0.15, 0.2) is 18.2 Å². The van der Waals surface area contributed by atoms with Crippen molar-refractivity contribution in [3.8, 4) is 0 Å². The minimum absolute atomic E-state index is 0.763. The smallest absolute Gasteiger partial charge is 0.201 e. The number of hydrogen-bond acceptors (Lipinski definition) is 3. The second kappa shape index (κ2) is 7.02. The quantitative estimate of drug-likeness (QED) is 0.498. The molecule has 104 valence electrons. The third-order valence-corrected chi connectivity index (χ3v) is 3.33. The molecular weight excluding hydrogens is 236 g/mol. The predicted molar refractivity (Wildman–Crippen MR) is 82.4 cm³/mol. The van der Waals surface area contributed by atoms with E-state index in [2.05, 4.69) is 22.2 Å². The van der Waals surface area contributed by atoms with Gasteiger partial charge in [-0.2, -0.15) is 0 Å². The van der Waals surface area contributed by atoms with E-state index >= 15 is 0 Å². The maximum Gasteiger partial charge on any atom is 0.201 e. The fourth-order valence-electron chi connectivity index (χ4n) is 2.22. The van der Waals surface area contributed by atoms with Crippen LogP contribution in [0.3, 0.4) is 0 Å². The van der Waals surface area contributed by atoms with Crippen molar-refractivity contribution in [2.75, 3.05) is 17.6 Å². The lowest BCUT2D eigenvalue weighted by molar-refractivity contribution is 0.616. The van der Waals surface area contributed by atoms with E-state index in [1.807, 2.05) is 18.2 Å². The molecule has 0 saturated carbocycles. The number of unbranched alkanes of at least 4 members (excludes halogenated alkanes) is 5. The maximum absolute atomic E-state index is 5.74. The van der Waals surface area contributed by atoms with E-state index in [0.29, 0.717) is 0 Å². The number of hydrogen-bond donors (Lipinski definition) is 3. The first-order chi connectivity index (χ1) is 9.29. The Bertz CT molecular complexity index is 504. The number of aromatic nitrogens is 2. The Kier molecular flexibility index (Phi) is 5.07. The van der Waals surface area contributed by atoms with Crippen LogP contribution < -0.4 is 11.1 Å². The van der Waals surface area contributed by atoms with Gasteiger partial charge in [0, 0.05) is 12.2 Å². The highest BCUT2D eigenvalue weighted by Gasteiger charge is 2.01. The van der Waals surface area contributed by atoms with Gasteiger partial charge in [-0.15, -0.1) is 0 Å². The van der Waals surface area contributed by atoms with Crippen LogP contribution in [0.25, 0.3) is 11.0 Å². The van der Waals surface area contributed by atoms with Gasteiger partial charge in [0.15, 0.2) is 0 Å². The van der Waals surface area contributed by atoms with Crippen molar-refractivity contribution in [1.82, 2.24) is 9.97 Å². The normalized spacial score (nSPS) is 11.0. The van der Waals surface area contributed by atoms with Gasteiger partial charge < -0.3 is 16.0 Å². The number of rotatable bonds is 8. The number of imidazole rings is 1. The van der Waals surface area contributed by atoms with Gasteiger partial charge in [0.05, 0.1) is 11.0 Å². The molecule has 0 amide bonds. The highest BCUT2D eigenvalue weighted by Crippen LogP contribution is 2.17. The summed E-state index contributed by atoms with van der Waals surface area (Å²) in [6.07, 6.45) is 7.86. The largest absolute Gasteiger partial charge is 0.399 e. The lowest BCUT2D eigenvalue weighted by Gasteiger charge is -2.02. The molecule has 0 bridgehead atoms. The molecule has 1 aromatic carbocycles. The SMILES string of the molecule is CCCCCCCCNc1nc2ccc(N)cc2[nH]1. The van der Waals surface area contributed by atoms with Crippen LogP contribution >= 0.6 is 0 Å². The van der Waals surface area contributed by atoms with Gasteiger partial charge in [0.2, 0.25) is 5.95 Å². The van der Waals surface area contributed by atoms with Crippen molar-refractivity contribution in [2.45, 2.75) is 45.4 Å². The first kappa shape index (κ1) is 13.7. The fraction of sp³-hybridized carbons (Fsp3) is 0.533. The first-order valence-corrected chi connectivity index (χ1v) is 7.28. The van der Waals surface area contributed by atoms with E-state index in [9.17, 15) is 0 Å². The second-order valence-electron chi connectivity index (χ2n) is 5.06. The Morgan fingerprint density at radius 1 is 1.16 bits per heavy atom. The molecule has 4 heteroatoms. The van der Waals surface area contributed by atoms with E-state index < -0.39 is 0 Å². The van der Waals surface area contributed by atoms with Crippen LogP contribution in [0, 0.1) is 0 Å². The van der Waals surface area contributed by atoms with Gasteiger partial charge in [-0.3, -0.25) is 0 Å². The number of anilines is 2. The topological polar surface area (TPSA) is 66.7 Å². The Balaban J connectivity index is 1.72. The summed E-state index contributed by atoms with van der Waals surface area (Å²) in [6, 6.07) is 5.73. The molecule has 19 heavy (non-hydrogen) atoms. The third-order valence-electron chi connectivity index (χ3n) is 3.33. The Hall–Kier alpha value is -1.71. The number of nitrogens with one attached hydrogen (secondary N) is 2.